The molecule has 1 rings (SSSR count). The molecule has 0 saturated heterocycles. The molecule has 0 saturated carbocycles. The molecule has 4 N–H and O–H groups in total. The third-order valence-corrected chi connectivity index (χ3v) is 1.61. The van der Waals surface area contributed by atoms with Crippen molar-refractivity contribution in [2.24, 2.45) is 10.8 Å². The number of aromatic nitrogens is 1. The molecule has 1 aromatic heterocycles. The summed E-state index contributed by atoms with van der Waals surface area (Å²) in [5.41, 5.74) is 5.92. The van der Waals surface area contributed by atoms with Crippen molar-refractivity contribution in [3.05, 3.63) is 30.1 Å². The zero-order chi connectivity index (χ0) is 11.1. The second-order valence-electron chi connectivity index (χ2n) is 2.73. The third kappa shape index (κ3) is 3.74. The molecule has 0 amide bonds. The van der Waals surface area contributed by atoms with E-state index < -0.39 is 0 Å². The van der Waals surface area contributed by atoms with Gasteiger partial charge in [0.25, 0.3) is 0 Å². The monoisotopic (exact) mass is 207 g/mol. The summed E-state index contributed by atoms with van der Waals surface area (Å²) in [6, 6.07) is 5.41. The molecule has 6 nitrogen and oxygen atoms in total. The average molecular weight is 207 g/mol. The Balaban J connectivity index is 2.65. The summed E-state index contributed by atoms with van der Waals surface area (Å²) < 4.78 is 0. The molecule has 0 spiro atoms. The maximum Gasteiger partial charge on any atom is 0.209 e. The summed E-state index contributed by atoms with van der Waals surface area (Å²) in [5, 5.41) is 21.0. The first kappa shape index (κ1) is 11.1. The van der Waals surface area contributed by atoms with Gasteiger partial charge in [0.2, 0.25) is 5.96 Å². The molecule has 80 valence electrons. The van der Waals surface area contributed by atoms with Crippen molar-refractivity contribution in [2.45, 2.75) is 0 Å². The van der Waals surface area contributed by atoms with Crippen LogP contribution in [0.15, 0.2) is 29.5 Å². The largest absolute Gasteiger partial charge is 0.394 e. The second kappa shape index (κ2) is 5.71. The van der Waals surface area contributed by atoms with Crippen LogP contribution in [0.2, 0.25) is 0 Å². The lowest BCUT2D eigenvalue weighted by Gasteiger charge is -2.14. The van der Waals surface area contributed by atoms with E-state index in [1.54, 1.807) is 18.3 Å². The van der Waals surface area contributed by atoms with Crippen molar-refractivity contribution in [1.82, 2.24) is 9.99 Å². The van der Waals surface area contributed by atoms with E-state index in [4.69, 9.17) is 16.2 Å². The fourth-order valence-corrected chi connectivity index (χ4v) is 0.916. The predicted octanol–water partition coefficient (Wildman–Crippen LogP) is -0.397. The molecule has 0 bridgehead atoms. The van der Waals surface area contributed by atoms with E-state index in [1.165, 1.54) is 11.2 Å². The van der Waals surface area contributed by atoms with E-state index in [0.29, 0.717) is 5.69 Å². The minimum absolute atomic E-state index is 0.112. The van der Waals surface area contributed by atoms with E-state index in [0.717, 1.165) is 0 Å². The van der Waals surface area contributed by atoms with Crippen LogP contribution in [0, 0.1) is 5.41 Å². The number of aliphatic hydroxyl groups excluding tert-OH is 1. The lowest BCUT2D eigenvalue weighted by atomic mass is 10.4. The standard InChI is InChI=1S/C9H13N5O/c10-9(11)14(5-6-15)13-7-8-3-1-2-4-12-8/h1-4,7,15H,5-6H2,(H3,10,11). The molecule has 1 heterocycles. The van der Waals surface area contributed by atoms with Gasteiger partial charge in [-0.25, -0.2) is 5.01 Å². The van der Waals surface area contributed by atoms with Gasteiger partial charge in [-0.3, -0.25) is 10.4 Å². The Morgan fingerprint density at radius 3 is 3.00 bits per heavy atom. The quantitative estimate of drug-likeness (QED) is 0.355. The van der Waals surface area contributed by atoms with Crippen LogP contribution in [0.1, 0.15) is 5.69 Å². The first-order valence-electron chi connectivity index (χ1n) is 4.41. The number of rotatable bonds is 4. The van der Waals surface area contributed by atoms with E-state index in [9.17, 15) is 0 Å². The second-order valence-corrected chi connectivity index (χ2v) is 2.73. The maximum atomic E-state index is 8.70. The Labute approximate surface area is 87.6 Å². The van der Waals surface area contributed by atoms with E-state index in [-0.39, 0.29) is 19.1 Å². The SMILES string of the molecule is N=C(N)N(CCO)N=Cc1ccccn1. The van der Waals surface area contributed by atoms with Crippen molar-refractivity contribution in [2.75, 3.05) is 13.2 Å². The molecule has 0 aliphatic heterocycles. The zero-order valence-electron chi connectivity index (χ0n) is 8.17. The van der Waals surface area contributed by atoms with Gasteiger partial charge in [0, 0.05) is 6.20 Å². The van der Waals surface area contributed by atoms with Gasteiger partial charge < -0.3 is 10.8 Å². The maximum absolute atomic E-state index is 8.70. The normalized spacial score (nSPS) is 10.5. The van der Waals surface area contributed by atoms with Gasteiger partial charge >= 0.3 is 0 Å². The van der Waals surface area contributed by atoms with Gasteiger partial charge in [0.1, 0.15) is 0 Å². The molecular weight excluding hydrogens is 194 g/mol. The number of nitrogens with one attached hydrogen (secondary N) is 1. The molecule has 0 radical (unpaired) electrons. The zero-order valence-corrected chi connectivity index (χ0v) is 8.17. The van der Waals surface area contributed by atoms with Crippen LogP contribution >= 0.6 is 0 Å². The minimum atomic E-state index is -0.212. The van der Waals surface area contributed by atoms with E-state index in [2.05, 4.69) is 10.1 Å². The Morgan fingerprint density at radius 2 is 2.47 bits per heavy atom. The van der Waals surface area contributed by atoms with Crippen LogP contribution in [-0.4, -0.2) is 40.4 Å². The molecule has 1 aromatic rings. The highest BCUT2D eigenvalue weighted by Gasteiger charge is 2.01. The van der Waals surface area contributed by atoms with Gasteiger partial charge in [-0.1, -0.05) is 6.07 Å². The molecule has 0 aromatic carbocycles. The Kier molecular flexibility index (Phi) is 4.24. The van der Waals surface area contributed by atoms with Crippen LogP contribution < -0.4 is 5.73 Å². The van der Waals surface area contributed by atoms with E-state index in [1.807, 2.05) is 6.07 Å². The van der Waals surface area contributed by atoms with Crippen LogP contribution in [0.3, 0.4) is 0 Å². The highest BCUT2D eigenvalue weighted by atomic mass is 16.3. The summed E-state index contributed by atoms with van der Waals surface area (Å²) in [5.74, 6) is -0.212. The summed E-state index contributed by atoms with van der Waals surface area (Å²) >= 11 is 0. The van der Waals surface area contributed by atoms with Crippen molar-refractivity contribution < 1.29 is 5.11 Å². The molecule has 6 heteroatoms. The smallest absolute Gasteiger partial charge is 0.209 e. The fraction of sp³-hybridized carbons (Fsp3) is 0.222. The Bertz CT molecular complexity index is 338. The number of aliphatic hydroxyl groups is 1. The lowest BCUT2D eigenvalue weighted by molar-refractivity contribution is 0.252. The third-order valence-electron chi connectivity index (χ3n) is 1.61. The van der Waals surface area contributed by atoms with Crippen molar-refractivity contribution >= 4 is 12.2 Å². The molecule has 0 unspecified atom stereocenters. The number of nitrogens with two attached hydrogens (primary N) is 1. The van der Waals surface area contributed by atoms with Gasteiger partial charge in [-0.15, -0.1) is 0 Å². The molecule has 0 aliphatic rings. The molecule has 15 heavy (non-hydrogen) atoms. The number of pyridine rings is 1. The highest BCUT2D eigenvalue weighted by molar-refractivity contribution is 5.80. The number of hydrazone groups is 1. The summed E-state index contributed by atoms with van der Waals surface area (Å²) in [7, 11) is 0. The van der Waals surface area contributed by atoms with Gasteiger partial charge in [-0.2, -0.15) is 5.10 Å². The van der Waals surface area contributed by atoms with Crippen molar-refractivity contribution in [3.8, 4) is 0 Å². The molecule has 0 aliphatic carbocycles. The fourth-order valence-electron chi connectivity index (χ4n) is 0.916. The van der Waals surface area contributed by atoms with Crippen LogP contribution in [0.5, 0.6) is 0 Å². The summed E-state index contributed by atoms with van der Waals surface area (Å²) in [6.45, 7) is 0.0812. The summed E-state index contributed by atoms with van der Waals surface area (Å²) in [4.78, 5) is 4.02. The first-order chi connectivity index (χ1) is 7.24. The Hall–Kier alpha value is -1.95. The molecular formula is C9H13N5O. The van der Waals surface area contributed by atoms with Crippen molar-refractivity contribution in [1.29, 1.82) is 5.41 Å². The first-order valence-corrected chi connectivity index (χ1v) is 4.41. The van der Waals surface area contributed by atoms with Gasteiger partial charge in [0.15, 0.2) is 0 Å². The van der Waals surface area contributed by atoms with Crippen molar-refractivity contribution in [3.63, 3.8) is 0 Å². The van der Waals surface area contributed by atoms with Crippen LogP contribution in [0.4, 0.5) is 0 Å². The van der Waals surface area contributed by atoms with Gasteiger partial charge in [-0.05, 0) is 12.1 Å². The molecule has 0 atom stereocenters. The number of nitrogens with zero attached hydrogens (tertiary/aromatic N) is 3. The van der Waals surface area contributed by atoms with Gasteiger partial charge in [0.05, 0.1) is 25.1 Å². The molecule has 0 fully saturated rings. The van der Waals surface area contributed by atoms with Crippen LogP contribution in [-0.2, 0) is 0 Å². The predicted molar refractivity (Wildman–Crippen MR) is 57.5 cm³/mol. The number of hydrogen-bond acceptors (Lipinski definition) is 4. The summed E-state index contributed by atoms with van der Waals surface area (Å²) in [6.07, 6.45) is 3.13. The average Bonchev–Trinajstić information content (AvgIpc) is 2.25. The Morgan fingerprint density at radius 1 is 1.67 bits per heavy atom. The minimum Gasteiger partial charge on any atom is -0.394 e. The number of hydrogen-bond donors (Lipinski definition) is 3. The number of guanidine groups is 1. The highest BCUT2D eigenvalue weighted by Crippen LogP contribution is 1.91. The lowest BCUT2D eigenvalue weighted by Crippen LogP contribution is -2.34. The van der Waals surface area contributed by atoms with Crippen LogP contribution in [0.25, 0.3) is 0 Å². The topological polar surface area (TPSA) is 98.6 Å². The van der Waals surface area contributed by atoms with E-state index >= 15 is 0 Å².